The van der Waals surface area contributed by atoms with Gasteiger partial charge in [0.25, 0.3) is 17.7 Å². The van der Waals surface area contributed by atoms with E-state index in [1.165, 1.54) is 17.3 Å². The van der Waals surface area contributed by atoms with Crippen molar-refractivity contribution < 1.29 is 18.4 Å². The monoisotopic (exact) mass is 441 g/mol. The van der Waals surface area contributed by atoms with E-state index in [4.69, 9.17) is 0 Å². The van der Waals surface area contributed by atoms with Gasteiger partial charge in [-0.3, -0.25) is 19.1 Å². The topological polar surface area (TPSA) is 80.1 Å². The van der Waals surface area contributed by atoms with Crippen LogP contribution in [0.15, 0.2) is 43.0 Å². The third kappa shape index (κ3) is 4.61. The summed E-state index contributed by atoms with van der Waals surface area (Å²) in [5.41, 5.74) is 1.67. The van der Waals surface area contributed by atoms with Gasteiger partial charge in [-0.2, -0.15) is 0 Å². The highest BCUT2D eigenvalue weighted by atomic mass is 19.3. The molecule has 0 aromatic carbocycles. The molecule has 1 N–H and O–H groups in total. The summed E-state index contributed by atoms with van der Waals surface area (Å²) in [4.78, 5) is 35.3. The van der Waals surface area contributed by atoms with Gasteiger partial charge in [0.15, 0.2) is 0 Å². The highest BCUT2D eigenvalue weighted by Crippen LogP contribution is 2.29. The van der Waals surface area contributed by atoms with Gasteiger partial charge in [-0.1, -0.05) is 0 Å². The number of aromatic nitrogens is 3. The number of likely N-dealkylation sites (tertiary alicyclic amines) is 1. The maximum atomic E-state index is 13.4. The molecular formula is C23H25F2N5O2. The molecule has 1 fully saturated rings. The zero-order valence-electron chi connectivity index (χ0n) is 18.2. The van der Waals surface area contributed by atoms with Crippen molar-refractivity contribution in [2.24, 2.45) is 0 Å². The predicted molar refractivity (Wildman–Crippen MR) is 116 cm³/mol. The summed E-state index contributed by atoms with van der Waals surface area (Å²) in [6.07, 6.45) is 5.73. The number of nitrogens with zero attached hydrogens (tertiary/aromatic N) is 4. The van der Waals surface area contributed by atoms with Gasteiger partial charge < -0.3 is 10.2 Å². The summed E-state index contributed by atoms with van der Waals surface area (Å²) in [5.74, 6) is -3.23. The van der Waals surface area contributed by atoms with Crippen molar-refractivity contribution in [2.45, 2.75) is 45.1 Å². The molecule has 168 valence electrons. The lowest BCUT2D eigenvalue weighted by Crippen LogP contribution is -2.42. The molecule has 0 bridgehead atoms. The molecule has 0 spiro atoms. The molecule has 0 saturated carbocycles. The number of carbonyl (C=O) groups excluding carboxylic acids is 2. The molecule has 3 aromatic rings. The number of pyridine rings is 2. The molecule has 9 heteroatoms. The fraction of sp³-hybridized carbons (Fsp3) is 0.391. The zero-order valence-corrected chi connectivity index (χ0v) is 18.2. The largest absolute Gasteiger partial charge is 0.347 e. The summed E-state index contributed by atoms with van der Waals surface area (Å²) < 4.78 is 28.6. The first-order valence-electron chi connectivity index (χ1n) is 10.4. The standard InChI is InChI=1S/C23H25F2N5O2/c1-22(2,3)28-20(31)16-11-18(14-26-12-16)30-7-4-15-10-17(13-27-19(15)30)21(32)29-8-5-23(24,25)6-9-29/h4,7,10-14H,5-6,8-9H2,1-3H3,(H,28,31). The molecule has 3 aromatic heterocycles. The maximum Gasteiger partial charge on any atom is 0.255 e. The van der Waals surface area contributed by atoms with Crippen LogP contribution in [0.25, 0.3) is 16.7 Å². The third-order valence-corrected chi connectivity index (χ3v) is 5.31. The normalized spacial score (nSPS) is 16.2. The SMILES string of the molecule is CC(C)(C)NC(=O)c1cncc(-n2ccc3cc(C(=O)N4CCC(F)(F)CC4)cnc32)c1. The molecule has 4 rings (SSSR count). The second kappa shape index (κ2) is 7.96. The fourth-order valence-corrected chi connectivity index (χ4v) is 3.67. The van der Waals surface area contributed by atoms with E-state index in [-0.39, 0.29) is 43.3 Å². The first-order valence-corrected chi connectivity index (χ1v) is 10.4. The van der Waals surface area contributed by atoms with Crippen LogP contribution < -0.4 is 5.32 Å². The molecule has 0 unspecified atom stereocenters. The Morgan fingerprint density at radius 1 is 1.06 bits per heavy atom. The first kappa shape index (κ1) is 21.9. The summed E-state index contributed by atoms with van der Waals surface area (Å²) in [6.45, 7) is 5.76. The Hall–Kier alpha value is -3.36. The van der Waals surface area contributed by atoms with Crippen molar-refractivity contribution >= 4 is 22.8 Å². The van der Waals surface area contributed by atoms with Crippen LogP contribution in [-0.4, -0.2) is 55.8 Å². The second-order valence-electron chi connectivity index (χ2n) is 9.11. The summed E-state index contributed by atoms with van der Waals surface area (Å²) in [7, 11) is 0. The second-order valence-corrected chi connectivity index (χ2v) is 9.11. The summed E-state index contributed by atoms with van der Waals surface area (Å²) in [5, 5.41) is 3.63. The lowest BCUT2D eigenvalue weighted by molar-refractivity contribution is -0.0494. The van der Waals surface area contributed by atoms with Crippen molar-refractivity contribution in [2.75, 3.05) is 13.1 Å². The van der Waals surface area contributed by atoms with Gasteiger partial charge in [0.2, 0.25) is 0 Å². The van der Waals surface area contributed by atoms with E-state index in [0.717, 1.165) is 5.39 Å². The number of rotatable bonds is 3. The van der Waals surface area contributed by atoms with E-state index in [2.05, 4.69) is 15.3 Å². The van der Waals surface area contributed by atoms with Crippen LogP contribution in [0.5, 0.6) is 0 Å². The smallest absolute Gasteiger partial charge is 0.255 e. The van der Waals surface area contributed by atoms with E-state index in [9.17, 15) is 18.4 Å². The number of alkyl halides is 2. The summed E-state index contributed by atoms with van der Waals surface area (Å²) in [6, 6.07) is 5.24. The van der Waals surface area contributed by atoms with Crippen LogP contribution >= 0.6 is 0 Å². The number of halogens is 2. The minimum absolute atomic E-state index is 0.0278. The molecule has 0 radical (unpaired) electrons. The molecule has 1 aliphatic rings. The Morgan fingerprint density at radius 2 is 1.78 bits per heavy atom. The average Bonchev–Trinajstić information content (AvgIpc) is 3.15. The molecule has 32 heavy (non-hydrogen) atoms. The van der Waals surface area contributed by atoms with Crippen LogP contribution in [-0.2, 0) is 0 Å². The Balaban J connectivity index is 1.58. The van der Waals surface area contributed by atoms with Crippen LogP contribution in [0.1, 0.15) is 54.3 Å². The van der Waals surface area contributed by atoms with Crippen molar-refractivity contribution in [3.8, 4) is 5.69 Å². The van der Waals surface area contributed by atoms with E-state index in [0.29, 0.717) is 22.5 Å². The van der Waals surface area contributed by atoms with Gasteiger partial charge in [0.05, 0.1) is 23.0 Å². The molecule has 1 saturated heterocycles. The molecule has 0 atom stereocenters. The predicted octanol–water partition coefficient (Wildman–Crippen LogP) is 3.82. The molecule has 2 amide bonds. The van der Waals surface area contributed by atoms with Gasteiger partial charge in [0, 0.05) is 55.4 Å². The van der Waals surface area contributed by atoms with Gasteiger partial charge in [-0.15, -0.1) is 0 Å². The van der Waals surface area contributed by atoms with Gasteiger partial charge in [-0.25, -0.2) is 13.8 Å². The minimum atomic E-state index is -2.71. The number of hydrogen-bond acceptors (Lipinski definition) is 4. The molecule has 7 nitrogen and oxygen atoms in total. The number of nitrogens with one attached hydrogen (secondary N) is 1. The van der Waals surface area contributed by atoms with Crippen LogP contribution in [0.4, 0.5) is 8.78 Å². The molecule has 1 aliphatic heterocycles. The molecular weight excluding hydrogens is 416 g/mol. The number of fused-ring (bicyclic) bond motifs is 1. The van der Waals surface area contributed by atoms with Crippen molar-refractivity contribution in [3.05, 3.63) is 54.1 Å². The van der Waals surface area contributed by atoms with Gasteiger partial charge in [-0.05, 0) is 39.0 Å². The van der Waals surface area contributed by atoms with E-state index in [1.54, 1.807) is 29.1 Å². The Morgan fingerprint density at radius 3 is 2.47 bits per heavy atom. The van der Waals surface area contributed by atoms with Gasteiger partial charge >= 0.3 is 0 Å². The van der Waals surface area contributed by atoms with Crippen molar-refractivity contribution in [3.63, 3.8) is 0 Å². The van der Waals surface area contributed by atoms with Gasteiger partial charge in [0.1, 0.15) is 5.65 Å². The van der Waals surface area contributed by atoms with Crippen LogP contribution in [0.3, 0.4) is 0 Å². The van der Waals surface area contributed by atoms with E-state index < -0.39 is 5.92 Å². The first-order chi connectivity index (χ1) is 15.0. The third-order valence-electron chi connectivity index (χ3n) is 5.31. The fourth-order valence-electron chi connectivity index (χ4n) is 3.67. The highest BCUT2D eigenvalue weighted by molar-refractivity contribution is 5.97. The summed E-state index contributed by atoms with van der Waals surface area (Å²) >= 11 is 0. The van der Waals surface area contributed by atoms with Crippen LogP contribution in [0.2, 0.25) is 0 Å². The maximum absolute atomic E-state index is 13.4. The molecule has 4 heterocycles. The lowest BCUT2D eigenvalue weighted by Gasteiger charge is -2.31. The average molecular weight is 441 g/mol. The van der Waals surface area contributed by atoms with Crippen molar-refractivity contribution in [1.29, 1.82) is 0 Å². The van der Waals surface area contributed by atoms with Crippen molar-refractivity contribution in [1.82, 2.24) is 24.8 Å². The highest BCUT2D eigenvalue weighted by Gasteiger charge is 2.35. The Labute approximate surface area is 184 Å². The number of amides is 2. The quantitative estimate of drug-likeness (QED) is 0.670. The zero-order chi connectivity index (χ0) is 23.1. The van der Waals surface area contributed by atoms with Crippen LogP contribution in [0, 0.1) is 0 Å². The number of carbonyl (C=O) groups is 2. The lowest BCUT2D eigenvalue weighted by atomic mass is 10.1. The van der Waals surface area contributed by atoms with E-state index in [1.807, 2.05) is 26.8 Å². The number of hydrogen-bond donors (Lipinski definition) is 1. The Bertz CT molecular complexity index is 1170. The molecule has 0 aliphatic carbocycles. The minimum Gasteiger partial charge on any atom is -0.347 e. The number of piperidine rings is 1. The van der Waals surface area contributed by atoms with E-state index >= 15 is 0 Å². The Kier molecular flexibility index (Phi) is 5.44.